The van der Waals surface area contributed by atoms with Crippen LogP contribution >= 0.6 is 0 Å². The molecule has 0 aliphatic carbocycles. The van der Waals surface area contributed by atoms with Gasteiger partial charge in [0.05, 0.1) is 0 Å². The number of amides is 1. The van der Waals surface area contributed by atoms with Gasteiger partial charge in [-0.3, -0.25) is 4.79 Å². The van der Waals surface area contributed by atoms with Gasteiger partial charge in [0, 0.05) is 16.7 Å². The van der Waals surface area contributed by atoms with E-state index in [0.717, 1.165) is 0 Å². The Kier molecular flexibility index (Phi) is 4.85. The van der Waals surface area contributed by atoms with E-state index >= 15 is 0 Å². The van der Waals surface area contributed by atoms with Crippen LogP contribution in [0.25, 0.3) is 0 Å². The molecule has 0 aliphatic rings. The first-order valence-electron chi connectivity index (χ1n) is 7.80. The van der Waals surface area contributed by atoms with E-state index in [2.05, 4.69) is 10.5 Å². The minimum absolute atomic E-state index is 0.0386. The van der Waals surface area contributed by atoms with Gasteiger partial charge in [-0.2, -0.15) is 5.10 Å². The summed E-state index contributed by atoms with van der Waals surface area (Å²) in [5.41, 5.74) is 3.53. The Morgan fingerprint density at radius 1 is 0.769 bits per heavy atom. The molecular weight excluding hydrogens is 332 g/mol. The van der Waals surface area contributed by atoms with E-state index in [1.807, 2.05) is 0 Å². The summed E-state index contributed by atoms with van der Waals surface area (Å²) in [5, 5.41) is 33.9. The fourth-order valence-corrected chi connectivity index (χ4v) is 2.43. The molecule has 0 saturated carbocycles. The Bertz CT molecular complexity index is 935. The zero-order chi connectivity index (χ0) is 18.5. The maximum Gasteiger partial charge on any atom is 0.271 e. The lowest BCUT2D eigenvalue weighted by Gasteiger charge is -2.11. The minimum Gasteiger partial charge on any atom is -0.508 e. The fraction of sp³-hybridized carbons (Fsp3) is 0. The summed E-state index contributed by atoms with van der Waals surface area (Å²) in [6.45, 7) is 0. The van der Waals surface area contributed by atoms with Crippen molar-refractivity contribution in [1.29, 1.82) is 0 Å². The number of carbonyl (C=O) groups excluding carboxylic acids is 1. The van der Waals surface area contributed by atoms with Crippen LogP contribution in [0.4, 0.5) is 0 Å². The first-order chi connectivity index (χ1) is 12.6. The van der Waals surface area contributed by atoms with Crippen molar-refractivity contribution in [3.8, 4) is 17.2 Å². The van der Waals surface area contributed by atoms with E-state index in [-0.39, 0.29) is 28.5 Å². The lowest BCUT2D eigenvalue weighted by Crippen LogP contribution is -2.20. The summed E-state index contributed by atoms with van der Waals surface area (Å²) >= 11 is 0. The van der Waals surface area contributed by atoms with Gasteiger partial charge in [0.15, 0.2) is 0 Å². The smallest absolute Gasteiger partial charge is 0.271 e. The van der Waals surface area contributed by atoms with Crippen LogP contribution < -0.4 is 5.43 Å². The fourth-order valence-electron chi connectivity index (χ4n) is 2.43. The number of benzene rings is 3. The lowest BCUT2D eigenvalue weighted by atomic mass is 10.0. The van der Waals surface area contributed by atoms with Crippen LogP contribution in [-0.2, 0) is 0 Å². The molecule has 3 aromatic carbocycles. The molecule has 6 heteroatoms. The highest BCUT2D eigenvalue weighted by molar-refractivity contribution is 6.16. The highest BCUT2D eigenvalue weighted by Crippen LogP contribution is 2.25. The average Bonchev–Trinajstić information content (AvgIpc) is 2.64. The van der Waals surface area contributed by atoms with Gasteiger partial charge >= 0.3 is 0 Å². The maximum absolute atomic E-state index is 12.3. The molecule has 0 aliphatic heterocycles. The minimum atomic E-state index is -0.538. The molecule has 0 atom stereocenters. The molecular formula is C20H16N2O4. The van der Waals surface area contributed by atoms with Gasteiger partial charge in [0.1, 0.15) is 23.0 Å². The molecule has 0 spiro atoms. The normalized spacial score (nSPS) is 10.2. The topological polar surface area (TPSA) is 102 Å². The third-order valence-electron chi connectivity index (χ3n) is 3.70. The maximum atomic E-state index is 12.3. The number of phenolic OH excluding ortho intramolecular Hbond substituents is 3. The molecule has 0 bridgehead atoms. The Morgan fingerprint density at radius 2 is 1.35 bits per heavy atom. The Labute approximate surface area is 149 Å². The molecule has 0 saturated heterocycles. The Balaban J connectivity index is 2.01. The third kappa shape index (κ3) is 3.64. The highest BCUT2D eigenvalue weighted by Gasteiger charge is 2.16. The molecule has 130 valence electrons. The Morgan fingerprint density at radius 3 is 1.88 bits per heavy atom. The van der Waals surface area contributed by atoms with E-state index in [1.165, 1.54) is 30.3 Å². The number of hydrazone groups is 1. The van der Waals surface area contributed by atoms with Crippen LogP contribution in [-0.4, -0.2) is 26.9 Å². The van der Waals surface area contributed by atoms with Gasteiger partial charge in [-0.1, -0.05) is 30.3 Å². The number of phenols is 3. The quantitative estimate of drug-likeness (QED) is 0.430. The largest absolute Gasteiger partial charge is 0.508 e. The summed E-state index contributed by atoms with van der Waals surface area (Å²) in [6, 6.07) is 18.8. The molecule has 1 amide bonds. The third-order valence-corrected chi connectivity index (χ3v) is 3.70. The molecule has 0 heterocycles. The molecule has 0 aromatic heterocycles. The van der Waals surface area contributed by atoms with Crippen LogP contribution in [0, 0.1) is 0 Å². The van der Waals surface area contributed by atoms with Crippen LogP contribution in [0.3, 0.4) is 0 Å². The van der Waals surface area contributed by atoms with Crippen molar-refractivity contribution in [3.05, 3.63) is 89.5 Å². The molecule has 0 unspecified atom stereocenters. The monoisotopic (exact) mass is 348 g/mol. The van der Waals surface area contributed by atoms with E-state index in [1.54, 1.807) is 42.5 Å². The molecule has 6 nitrogen and oxygen atoms in total. The summed E-state index contributed by atoms with van der Waals surface area (Å²) in [7, 11) is 0. The second-order valence-electron chi connectivity index (χ2n) is 5.49. The first-order valence-corrected chi connectivity index (χ1v) is 7.80. The number of para-hydroxylation sites is 2. The summed E-state index contributed by atoms with van der Waals surface area (Å²) in [6.07, 6.45) is 0. The lowest BCUT2D eigenvalue weighted by molar-refractivity contribution is 0.0954. The van der Waals surface area contributed by atoms with E-state index in [0.29, 0.717) is 11.1 Å². The zero-order valence-electron chi connectivity index (χ0n) is 13.6. The standard InChI is InChI=1S/C20H16N2O4/c23-14-7-5-6-13(12-14)20(26)22-21-19(15-8-1-3-10-17(15)24)16-9-2-4-11-18(16)25/h1-12,23-25H,(H,22,26). The van der Waals surface area contributed by atoms with Gasteiger partial charge in [-0.05, 0) is 42.5 Å². The van der Waals surface area contributed by atoms with Crippen LogP contribution in [0.1, 0.15) is 21.5 Å². The number of nitrogens with one attached hydrogen (secondary N) is 1. The van der Waals surface area contributed by atoms with Crippen molar-refractivity contribution in [3.63, 3.8) is 0 Å². The molecule has 26 heavy (non-hydrogen) atoms. The van der Waals surface area contributed by atoms with E-state index in [4.69, 9.17) is 0 Å². The summed E-state index contributed by atoms with van der Waals surface area (Å²) < 4.78 is 0. The second kappa shape index (κ2) is 7.40. The van der Waals surface area contributed by atoms with Crippen molar-refractivity contribution in [1.82, 2.24) is 5.43 Å². The number of carbonyl (C=O) groups is 1. The molecule has 3 aromatic rings. The Hall–Kier alpha value is -3.80. The number of hydrogen-bond donors (Lipinski definition) is 4. The SMILES string of the molecule is O=C(NN=C(c1ccccc1O)c1ccccc1O)c1cccc(O)c1. The number of aromatic hydroxyl groups is 3. The second-order valence-corrected chi connectivity index (χ2v) is 5.49. The van der Waals surface area contributed by atoms with Gasteiger partial charge in [0.2, 0.25) is 0 Å². The van der Waals surface area contributed by atoms with E-state index in [9.17, 15) is 20.1 Å². The van der Waals surface area contributed by atoms with Gasteiger partial charge in [-0.25, -0.2) is 5.43 Å². The summed E-state index contributed by atoms with van der Waals surface area (Å²) in [5.74, 6) is -0.658. The van der Waals surface area contributed by atoms with Gasteiger partial charge in [-0.15, -0.1) is 0 Å². The van der Waals surface area contributed by atoms with E-state index < -0.39 is 5.91 Å². The summed E-state index contributed by atoms with van der Waals surface area (Å²) in [4.78, 5) is 12.3. The van der Waals surface area contributed by atoms with Crippen molar-refractivity contribution in [2.75, 3.05) is 0 Å². The van der Waals surface area contributed by atoms with Crippen molar-refractivity contribution in [2.45, 2.75) is 0 Å². The predicted octanol–water partition coefficient (Wildman–Crippen LogP) is 2.99. The number of rotatable bonds is 4. The predicted molar refractivity (Wildman–Crippen MR) is 97.4 cm³/mol. The number of hydrogen-bond acceptors (Lipinski definition) is 5. The van der Waals surface area contributed by atoms with Gasteiger partial charge < -0.3 is 15.3 Å². The number of nitrogens with zero attached hydrogens (tertiary/aromatic N) is 1. The molecule has 3 rings (SSSR count). The highest BCUT2D eigenvalue weighted by atomic mass is 16.3. The van der Waals surface area contributed by atoms with Crippen LogP contribution in [0.15, 0.2) is 77.9 Å². The van der Waals surface area contributed by atoms with Crippen molar-refractivity contribution >= 4 is 11.6 Å². The average molecular weight is 348 g/mol. The van der Waals surface area contributed by atoms with Crippen LogP contribution in [0.2, 0.25) is 0 Å². The molecule has 0 radical (unpaired) electrons. The molecule has 0 fully saturated rings. The zero-order valence-corrected chi connectivity index (χ0v) is 13.6. The van der Waals surface area contributed by atoms with Crippen molar-refractivity contribution < 1.29 is 20.1 Å². The molecule has 4 N–H and O–H groups in total. The first kappa shape index (κ1) is 17.0. The van der Waals surface area contributed by atoms with Crippen LogP contribution in [0.5, 0.6) is 17.2 Å². The van der Waals surface area contributed by atoms with Crippen molar-refractivity contribution in [2.24, 2.45) is 5.10 Å². The van der Waals surface area contributed by atoms with Gasteiger partial charge in [0.25, 0.3) is 5.91 Å².